The van der Waals surface area contributed by atoms with E-state index in [1.807, 2.05) is 0 Å². The summed E-state index contributed by atoms with van der Waals surface area (Å²) in [6, 6.07) is 0. The predicted octanol–water partition coefficient (Wildman–Crippen LogP) is 1.14. The second-order valence-electron chi connectivity index (χ2n) is 4.85. The van der Waals surface area contributed by atoms with Gasteiger partial charge in [-0.25, -0.2) is 4.79 Å². The van der Waals surface area contributed by atoms with E-state index in [1.54, 1.807) is 0 Å². The van der Waals surface area contributed by atoms with Crippen molar-refractivity contribution in [1.29, 1.82) is 0 Å². The summed E-state index contributed by atoms with van der Waals surface area (Å²) in [6.07, 6.45) is 5.77. The molecule has 0 radical (unpaired) electrons. The van der Waals surface area contributed by atoms with Gasteiger partial charge < -0.3 is 10.1 Å². The van der Waals surface area contributed by atoms with Gasteiger partial charge in [0.15, 0.2) is 0 Å². The lowest BCUT2D eigenvalue weighted by Gasteiger charge is -2.27. The first-order valence-corrected chi connectivity index (χ1v) is 6.44. The summed E-state index contributed by atoms with van der Waals surface area (Å²) >= 11 is 0. The summed E-state index contributed by atoms with van der Waals surface area (Å²) in [6.45, 7) is 1.72. The Morgan fingerprint density at radius 1 is 1.35 bits per heavy atom. The number of nitrogens with one attached hydrogen (secondary N) is 1. The van der Waals surface area contributed by atoms with Gasteiger partial charge >= 0.3 is 6.09 Å². The van der Waals surface area contributed by atoms with Gasteiger partial charge in [-0.2, -0.15) is 0 Å². The zero-order chi connectivity index (χ0) is 12.1. The molecule has 0 aromatic rings. The molecule has 1 N–H and O–H groups in total. The van der Waals surface area contributed by atoms with Crippen molar-refractivity contribution in [2.24, 2.45) is 5.92 Å². The van der Waals surface area contributed by atoms with E-state index in [0.29, 0.717) is 25.6 Å². The number of rotatable bonds is 2. The van der Waals surface area contributed by atoms with E-state index < -0.39 is 0 Å². The lowest BCUT2D eigenvalue weighted by molar-refractivity contribution is -0.123. The van der Waals surface area contributed by atoms with Crippen LogP contribution in [0.5, 0.6) is 0 Å². The molecule has 2 amide bonds. The second-order valence-corrected chi connectivity index (χ2v) is 4.85. The van der Waals surface area contributed by atoms with Gasteiger partial charge in [0.05, 0.1) is 6.61 Å². The van der Waals surface area contributed by atoms with E-state index in [2.05, 4.69) is 5.32 Å². The maximum absolute atomic E-state index is 11.7. The SMILES string of the molecule is O=C1CN(C(=O)OCC2CCCCC2)CCN1. The van der Waals surface area contributed by atoms with Crippen LogP contribution in [0, 0.1) is 5.92 Å². The predicted molar refractivity (Wildman–Crippen MR) is 62.5 cm³/mol. The van der Waals surface area contributed by atoms with Crippen molar-refractivity contribution in [2.75, 3.05) is 26.2 Å². The lowest BCUT2D eigenvalue weighted by atomic mass is 9.90. The molecule has 2 fully saturated rings. The van der Waals surface area contributed by atoms with Crippen molar-refractivity contribution in [3.8, 4) is 0 Å². The van der Waals surface area contributed by atoms with Crippen molar-refractivity contribution in [1.82, 2.24) is 10.2 Å². The third-order valence-electron chi connectivity index (χ3n) is 3.46. The van der Waals surface area contributed by atoms with Crippen LogP contribution in [0.2, 0.25) is 0 Å². The van der Waals surface area contributed by atoms with Crippen molar-refractivity contribution in [2.45, 2.75) is 32.1 Å². The van der Waals surface area contributed by atoms with Crippen LogP contribution in [0.1, 0.15) is 32.1 Å². The Morgan fingerprint density at radius 2 is 2.12 bits per heavy atom. The Bertz CT molecular complexity index is 287. The maximum atomic E-state index is 11.7. The molecule has 1 aliphatic heterocycles. The molecule has 5 nitrogen and oxygen atoms in total. The number of carbonyl (C=O) groups is 2. The summed E-state index contributed by atoms with van der Waals surface area (Å²) in [4.78, 5) is 24.3. The Labute approximate surface area is 101 Å². The second kappa shape index (κ2) is 5.89. The molecule has 1 saturated carbocycles. The molecule has 0 atom stereocenters. The minimum atomic E-state index is -0.342. The van der Waals surface area contributed by atoms with Gasteiger partial charge in [-0.3, -0.25) is 9.69 Å². The first kappa shape index (κ1) is 12.2. The maximum Gasteiger partial charge on any atom is 0.410 e. The number of amides is 2. The monoisotopic (exact) mass is 240 g/mol. The fourth-order valence-electron chi connectivity index (χ4n) is 2.43. The third-order valence-corrected chi connectivity index (χ3v) is 3.46. The average molecular weight is 240 g/mol. The number of piperazine rings is 1. The van der Waals surface area contributed by atoms with Gasteiger partial charge in [-0.1, -0.05) is 19.3 Å². The van der Waals surface area contributed by atoms with Crippen molar-refractivity contribution in [3.63, 3.8) is 0 Å². The Hall–Kier alpha value is -1.26. The number of ether oxygens (including phenoxy) is 1. The van der Waals surface area contributed by atoms with E-state index in [0.717, 1.165) is 12.8 Å². The molecule has 2 rings (SSSR count). The zero-order valence-electron chi connectivity index (χ0n) is 10.1. The van der Waals surface area contributed by atoms with E-state index >= 15 is 0 Å². The largest absolute Gasteiger partial charge is 0.449 e. The summed E-state index contributed by atoms with van der Waals surface area (Å²) in [5.41, 5.74) is 0. The van der Waals surface area contributed by atoms with Gasteiger partial charge in [0.2, 0.25) is 5.91 Å². The third kappa shape index (κ3) is 3.61. The Kier molecular flexibility index (Phi) is 4.23. The average Bonchev–Trinajstić information content (AvgIpc) is 2.37. The fraction of sp³-hybridized carbons (Fsp3) is 0.833. The number of hydrogen-bond acceptors (Lipinski definition) is 3. The van der Waals surface area contributed by atoms with Crippen LogP contribution in [0.15, 0.2) is 0 Å². The first-order valence-electron chi connectivity index (χ1n) is 6.44. The van der Waals surface area contributed by atoms with E-state index in [1.165, 1.54) is 24.2 Å². The van der Waals surface area contributed by atoms with Gasteiger partial charge in [-0.15, -0.1) is 0 Å². The molecule has 17 heavy (non-hydrogen) atoms. The van der Waals surface area contributed by atoms with Crippen LogP contribution < -0.4 is 5.32 Å². The smallest absolute Gasteiger partial charge is 0.410 e. The minimum absolute atomic E-state index is 0.106. The van der Waals surface area contributed by atoms with Crippen LogP contribution >= 0.6 is 0 Å². The van der Waals surface area contributed by atoms with E-state index in [9.17, 15) is 9.59 Å². The van der Waals surface area contributed by atoms with Crippen LogP contribution in [0.4, 0.5) is 4.79 Å². The first-order chi connectivity index (χ1) is 8.25. The molecule has 0 aromatic heterocycles. The highest BCUT2D eigenvalue weighted by atomic mass is 16.6. The Morgan fingerprint density at radius 3 is 2.82 bits per heavy atom. The van der Waals surface area contributed by atoms with Gasteiger partial charge in [-0.05, 0) is 18.8 Å². The van der Waals surface area contributed by atoms with Crippen molar-refractivity contribution >= 4 is 12.0 Å². The van der Waals surface area contributed by atoms with Gasteiger partial charge in [0.1, 0.15) is 6.54 Å². The quantitative estimate of drug-likeness (QED) is 0.787. The standard InChI is InChI=1S/C12H20N2O3/c15-11-8-14(7-6-13-11)12(16)17-9-10-4-2-1-3-5-10/h10H,1-9H2,(H,13,15). The molecule has 0 aromatic carbocycles. The molecule has 0 bridgehead atoms. The summed E-state index contributed by atoms with van der Waals surface area (Å²) in [5, 5.41) is 2.68. The molecular weight excluding hydrogens is 220 g/mol. The fourth-order valence-corrected chi connectivity index (χ4v) is 2.43. The molecule has 0 unspecified atom stereocenters. The highest BCUT2D eigenvalue weighted by Gasteiger charge is 2.23. The Balaban J connectivity index is 1.70. The topological polar surface area (TPSA) is 58.6 Å². The molecular formula is C12H20N2O3. The van der Waals surface area contributed by atoms with Gasteiger partial charge in [0.25, 0.3) is 0 Å². The summed E-state index contributed by atoms with van der Waals surface area (Å²) in [7, 11) is 0. The minimum Gasteiger partial charge on any atom is -0.449 e. The number of nitrogens with zero attached hydrogens (tertiary/aromatic N) is 1. The molecule has 2 aliphatic rings. The molecule has 96 valence electrons. The van der Waals surface area contributed by atoms with Crippen LogP contribution in [0.25, 0.3) is 0 Å². The van der Waals surface area contributed by atoms with Crippen LogP contribution in [0.3, 0.4) is 0 Å². The molecule has 1 saturated heterocycles. The van der Waals surface area contributed by atoms with Crippen LogP contribution in [-0.4, -0.2) is 43.1 Å². The summed E-state index contributed by atoms with van der Waals surface area (Å²) in [5.74, 6) is 0.414. The summed E-state index contributed by atoms with van der Waals surface area (Å²) < 4.78 is 5.28. The zero-order valence-corrected chi connectivity index (χ0v) is 10.1. The van der Waals surface area contributed by atoms with E-state index in [-0.39, 0.29) is 18.5 Å². The normalized spacial score (nSPS) is 22.1. The van der Waals surface area contributed by atoms with Crippen molar-refractivity contribution in [3.05, 3.63) is 0 Å². The number of hydrogen-bond donors (Lipinski definition) is 1. The highest BCUT2D eigenvalue weighted by molar-refractivity contribution is 5.83. The molecule has 1 aliphatic carbocycles. The lowest BCUT2D eigenvalue weighted by Crippen LogP contribution is -2.50. The van der Waals surface area contributed by atoms with Crippen molar-refractivity contribution < 1.29 is 14.3 Å². The molecule has 0 spiro atoms. The highest BCUT2D eigenvalue weighted by Crippen LogP contribution is 2.23. The van der Waals surface area contributed by atoms with E-state index in [4.69, 9.17) is 4.74 Å². The van der Waals surface area contributed by atoms with Gasteiger partial charge in [0, 0.05) is 13.1 Å². The molecule has 1 heterocycles. The number of carbonyl (C=O) groups excluding carboxylic acids is 2. The van der Waals surface area contributed by atoms with Crippen LogP contribution in [-0.2, 0) is 9.53 Å². The molecule has 5 heteroatoms.